The molecule has 0 bridgehead atoms. The Balaban J connectivity index is 2.43. The summed E-state index contributed by atoms with van der Waals surface area (Å²) in [6, 6.07) is 4.98. The zero-order chi connectivity index (χ0) is 14.3. The highest BCUT2D eigenvalue weighted by atomic mass is 35.5. The molecule has 1 aromatic carbocycles. The Bertz CT molecular complexity index is 501. The van der Waals surface area contributed by atoms with Crippen LogP contribution in [0.25, 0.3) is 6.08 Å². The van der Waals surface area contributed by atoms with Gasteiger partial charge in [-0.05, 0) is 30.2 Å². The molecule has 4 nitrogen and oxygen atoms in total. The van der Waals surface area contributed by atoms with Crippen molar-refractivity contribution in [2.24, 2.45) is 0 Å². The molecule has 1 aromatic rings. The zero-order valence-electron chi connectivity index (χ0n) is 10.0. The fourth-order valence-electron chi connectivity index (χ4n) is 1.31. The third kappa shape index (κ3) is 6.27. The first-order chi connectivity index (χ1) is 8.99. The third-order valence-corrected chi connectivity index (χ3v) is 2.81. The van der Waals surface area contributed by atoms with Crippen LogP contribution in [0.4, 0.5) is 0 Å². The minimum atomic E-state index is -0.877. The van der Waals surface area contributed by atoms with Gasteiger partial charge in [-0.15, -0.1) is 0 Å². The fourth-order valence-corrected chi connectivity index (χ4v) is 1.78. The predicted molar refractivity (Wildman–Crippen MR) is 75.4 cm³/mol. The van der Waals surface area contributed by atoms with E-state index in [2.05, 4.69) is 5.32 Å². The van der Waals surface area contributed by atoms with Crippen LogP contribution >= 0.6 is 23.2 Å². The van der Waals surface area contributed by atoms with Crippen LogP contribution in [-0.2, 0) is 9.59 Å². The molecular weight excluding hydrogens is 289 g/mol. The molecule has 0 fully saturated rings. The molecule has 0 atom stereocenters. The van der Waals surface area contributed by atoms with Gasteiger partial charge in [-0.1, -0.05) is 29.3 Å². The molecule has 0 saturated heterocycles. The lowest BCUT2D eigenvalue weighted by Gasteiger charge is -2.01. The van der Waals surface area contributed by atoms with Gasteiger partial charge in [0, 0.05) is 29.1 Å². The molecule has 0 saturated carbocycles. The van der Waals surface area contributed by atoms with Crippen LogP contribution < -0.4 is 5.32 Å². The summed E-state index contributed by atoms with van der Waals surface area (Å²) in [5.41, 5.74) is 0.687. The molecule has 0 aliphatic rings. The summed E-state index contributed by atoms with van der Waals surface area (Å²) in [6.07, 6.45) is 3.35. The molecule has 0 aromatic heterocycles. The van der Waals surface area contributed by atoms with Crippen LogP contribution in [0.1, 0.15) is 18.4 Å². The Morgan fingerprint density at radius 1 is 1.32 bits per heavy atom. The number of rotatable bonds is 6. The van der Waals surface area contributed by atoms with Gasteiger partial charge in [-0.2, -0.15) is 0 Å². The largest absolute Gasteiger partial charge is 0.481 e. The average Bonchev–Trinajstić information content (AvgIpc) is 2.33. The fraction of sp³-hybridized carbons (Fsp3) is 0.231. The van der Waals surface area contributed by atoms with E-state index in [-0.39, 0.29) is 12.3 Å². The number of benzene rings is 1. The molecular formula is C13H13Cl2NO3. The summed E-state index contributed by atoms with van der Waals surface area (Å²) in [7, 11) is 0. The molecule has 0 aliphatic carbocycles. The number of halogens is 2. The van der Waals surface area contributed by atoms with Crippen molar-refractivity contribution >= 4 is 41.2 Å². The average molecular weight is 302 g/mol. The summed E-state index contributed by atoms with van der Waals surface area (Å²) in [5, 5.41) is 12.0. The number of amides is 1. The van der Waals surface area contributed by atoms with E-state index in [1.54, 1.807) is 24.3 Å². The van der Waals surface area contributed by atoms with Gasteiger partial charge >= 0.3 is 5.97 Å². The Morgan fingerprint density at radius 3 is 2.68 bits per heavy atom. The zero-order valence-corrected chi connectivity index (χ0v) is 11.5. The predicted octanol–water partition coefficient (Wildman–Crippen LogP) is 2.99. The molecule has 0 heterocycles. The number of aliphatic carboxylic acids is 1. The van der Waals surface area contributed by atoms with E-state index >= 15 is 0 Å². The summed E-state index contributed by atoms with van der Waals surface area (Å²) < 4.78 is 0. The van der Waals surface area contributed by atoms with Crippen LogP contribution in [0.15, 0.2) is 24.3 Å². The standard InChI is InChI=1S/C13H13Cl2NO3/c14-10-5-3-9(11(15)8-10)4-6-12(17)16-7-1-2-13(18)19/h3-6,8H,1-2,7H2,(H,16,17)(H,18,19)/b6-4+. The number of carboxylic acids is 1. The Labute approximate surface area is 121 Å². The van der Waals surface area contributed by atoms with Crippen molar-refractivity contribution in [3.63, 3.8) is 0 Å². The molecule has 6 heteroatoms. The molecule has 0 aliphatic heterocycles. The summed E-state index contributed by atoms with van der Waals surface area (Å²) in [6.45, 7) is 0.323. The lowest BCUT2D eigenvalue weighted by Crippen LogP contribution is -2.22. The van der Waals surface area contributed by atoms with E-state index in [4.69, 9.17) is 28.3 Å². The van der Waals surface area contributed by atoms with Crippen molar-refractivity contribution in [3.05, 3.63) is 39.9 Å². The third-order valence-electron chi connectivity index (χ3n) is 2.24. The van der Waals surface area contributed by atoms with E-state index < -0.39 is 5.97 Å². The van der Waals surface area contributed by atoms with E-state index in [9.17, 15) is 9.59 Å². The first-order valence-corrected chi connectivity index (χ1v) is 6.37. The monoisotopic (exact) mass is 301 g/mol. The SMILES string of the molecule is O=C(O)CCCNC(=O)/C=C/c1ccc(Cl)cc1Cl. The molecule has 19 heavy (non-hydrogen) atoms. The quantitative estimate of drug-likeness (QED) is 0.627. The second-order valence-corrected chi connectivity index (χ2v) is 4.63. The molecule has 0 spiro atoms. The first kappa shape index (κ1) is 15.5. The van der Waals surface area contributed by atoms with E-state index in [0.717, 1.165) is 0 Å². The molecule has 2 N–H and O–H groups in total. The summed E-state index contributed by atoms with van der Waals surface area (Å²) in [4.78, 5) is 21.7. The first-order valence-electron chi connectivity index (χ1n) is 5.62. The van der Waals surface area contributed by atoms with Gasteiger partial charge in [0.1, 0.15) is 0 Å². The van der Waals surface area contributed by atoms with Crippen LogP contribution in [0.5, 0.6) is 0 Å². The second kappa shape index (κ2) is 7.81. The number of carbonyl (C=O) groups is 2. The van der Waals surface area contributed by atoms with E-state index in [1.807, 2.05) is 0 Å². The topological polar surface area (TPSA) is 66.4 Å². The van der Waals surface area contributed by atoms with E-state index in [1.165, 1.54) is 6.08 Å². The number of hydrogen-bond donors (Lipinski definition) is 2. The molecule has 1 amide bonds. The van der Waals surface area contributed by atoms with Crippen LogP contribution in [0.3, 0.4) is 0 Å². The summed E-state index contributed by atoms with van der Waals surface area (Å²) >= 11 is 11.7. The molecule has 102 valence electrons. The van der Waals surface area contributed by atoms with Gasteiger partial charge in [0.15, 0.2) is 0 Å². The maximum absolute atomic E-state index is 11.4. The smallest absolute Gasteiger partial charge is 0.303 e. The van der Waals surface area contributed by atoms with Crippen LogP contribution in [-0.4, -0.2) is 23.5 Å². The van der Waals surface area contributed by atoms with Gasteiger partial charge in [-0.25, -0.2) is 0 Å². The highest BCUT2D eigenvalue weighted by Gasteiger charge is 2.00. The van der Waals surface area contributed by atoms with Gasteiger partial charge in [0.05, 0.1) is 0 Å². The van der Waals surface area contributed by atoms with Gasteiger partial charge in [0.2, 0.25) is 5.91 Å². The lowest BCUT2D eigenvalue weighted by molar-refractivity contribution is -0.137. The van der Waals surface area contributed by atoms with Crippen molar-refractivity contribution < 1.29 is 14.7 Å². The number of hydrogen-bond acceptors (Lipinski definition) is 2. The normalized spacial score (nSPS) is 10.6. The minimum absolute atomic E-state index is 0.0347. The van der Waals surface area contributed by atoms with Crippen molar-refractivity contribution in [1.82, 2.24) is 5.32 Å². The van der Waals surface area contributed by atoms with Crippen molar-refractivity contribution in [2.45, 2.75) is 12.8 Å². The van der Waals surface area contributed by atoms with Gasteiger partial charge < -0.3 is 10.4 Å². The number of carbonyl (C=O) groups excluding carboxylic acids is 1. The van der Waals surface area contributed by atoms with E-state index in [0.29, 0.717) is 28.6 Å². The van der Waals surface area contributed by atoms with Crippen molar-refractivity contribution in [3.8, 4) is 0 Å². The highest BCUT2D eigenvalue weighted by Crippen LogP contribution is 2.21. The van der Waals surface area contributed by atoms with Crippen LogP contribution in [0, 0.1) is 0 Å². The highest BCUT2D eigenvalue weighted by molar-refractivity contribution is 6.35. The molecule has 0 unspecified atom stereocenters. The Morgan fingerprint density at radius 2 is 2.05 bits per heavy atom. The molecule has 0 radical (unpaired) electrons. The second-order valence-electron chi connectivity index (χ2n) is 3.79. The number of nitrogens with one attached hydrogen (secondary N) is 1. The van der Waals surface area contributed by atoms with Crippen molar-refractivity contribution in [1.29, 1.82) is 0 Å². The molecule has 1 rings (SSSR count). The number of carboxylic acid groups (broad SMARTS) is 1. The Hall–Kier alpha value is -1.52. The maximum atomic E-state index is 11.4. The maximum Gasteiger partial charge on any atom is 0.303 e. The van der Waals surface area contributed by atoms with Crippen molar-refractivity contribution in [2.75, 3.05) is 6.54 Å². The minimum Gasteiger partial charge on any atom is -0.481 e. The summed E-state index contributed by atoms with van der Waals surface area (Å²) in [5.74, 6) is -1.17. The van der Waals surface area contributed by atoms with Gasteiger partial charge in [0.25, 0.3) is 0 Å². The lowest BCUT2D eigenvalue weighted by atomic mass is 10.2. The van der Waals surface area contributed by atoms with Gasteiger partial charge in [-0.3, -0.25) is 9.59 Å². The Kier molecular flexibility index (Phi) is 6.39. The van der Waals surface area contributed by atoms with Crippen LogP contribution in [0.2, 0.25) is 10.0 Å².